The van der Waals surface area contributed by atoms with Gasteiger partial charge >= 0.3 is 6.18 Å². The fourth-order valence-corrected chi connectivity index (χ4v) is 2.05. The molecule has 0 atom stereocenters. The second-order valence-corrected chi connectivity index (χ2v) is 5.21. The van der Waals surface area contributed by atoms with Crippen LogP contribution in [0.25, 0.3) is 6.08 Å². The first-order chi connectivity index (χ1) is 12.6. The molecule has 2 aromatic carbocycles. The maximum Gasteiger partial charge on any atom is 0.416 e. The monoisotopic (exact) mass is 377 g/mol. The molecule has 2 rings (SSSR count). The molecule has 0 radical (unpaired) electrons. The zero-order valence-electron chi connectivity index (χ0n) is 13.3. The smallest absolute Gasteiger partial charge is 0.416 e. The number of nitro benzene ring substituents is 1. The van der Waals surface area contributed by atoms with Gasteiger partial charge in [-0.05, 0) is 29.8 Å². The van der Waals surface area contributed by atoms with Gasteiger partial charge in [0.15, 0.2) is 0 Å². The van der Waals surface area contributed by atoms with Gasteiger partial charge in [0.05, 0.1) is 22.2 Å². The number of benzene rings is 2. The largest absolute Gasteiger partial charge is 0.506 e. The maximum absolute atomic E-state index is 12.7. The number of hydrogen-bond acceptors (Lipinski definition) is 5. The number of nitrogens with zero attached hydrogens (tertiary/aromatic N) is 2. The second kappa shape index (κ2) is 7.57. The lowest BCUT2D eigenvalue weighted by atomic mass is 10.1. The van der Waals surface area contributed by atoms with Gasteiger partial charge in [0.25, 0.3) is 11.6 Å². The molecule has 7 nitrogen and oxygen atoms in total. The predicted molar refractivity (Wildman–Crippen MR) is 88.4 cm³/mol. The molecular weight excluding hydrogens is 367 g/mol. The number of anilines is 1. The van der Waals surface area contributed by atoms with Crippen LogP contribution >= 0.6 is 0 Å². The summed E-state index contributed by atoms with van der Waals surface area (Å²) in [7, 11) is 0. The number of carbonyl (C=O) groups excluding carboxylic acids is 1. The summed E-state index contributed by atoms with van der Waals surface area (Å²) in [5, 5.41) is 31.6. The van der Waals surface area contributed by atoms with Crippen LogP contribution in [0.15, 0.2) is 48.0 Å². The third-order valence-corrected chi connectivity index (χ3v) is 3.33. The van der Waals surface area contributed by atoms with E-state index in [-0.39, 0.29) is 11.3 Å². The Bertz CT molecular complexity index is 978. The van der Waals surface area contributed by atoms with Gasteiger partial charge in [0.1, 0.15) is 17.4 Å². The van der Waals surface area contributed by atoms with Crippen LogP contribution in [0, 0.1) is 21.4 Å². The molecule has 10 heteroatoms. The Morgan fingerprint density at radius 1 is 1.26 bits per heavy atom. The van der Waals surface area contributed by atoms with Crippen molar-refractivity contribution < 1.29 is 28.0 Å². The maximum atomic E-state index is 12.7. The van der Waals surface area contributed by atoms with Crippen LogP contribution in [-0.4, -0.2) is 15.9 Å². The van der Waals surface area contributed by atoms with Crippen molar-refractivity contribution in [3.8, 4) is 11.8 Å². The van der Waals surface area contributed by atoms with E-state index in [0.29, 0.717) is 0 Å². The van der Waals surface area contributed by atoms with E-state index in [2.05, 4.69) is 5.32 Å². The number of carbonyl (C=O) groups is 1. The molecule has 138 valence electrons. The number of non-ortho nitro benzene ring substituents is 1. The first-order valence-corrected chi connectivity index (χ1v) is 7.19. The van der Waals surface area contributed by atoms with E-state index in [1.165, 1.54) is 6.07 Å². The molecule has 1 amide bonds. The van der Waals surface area contributed by atoms with Crippen molar-refractivity contribution in [2.75, 3.05) is 5.32 Å². The van der Waals surface area contributed by atoms with E-state index >= 15 is 0 Å². The topological polar surface area (TPSA) is 116 Å². The summed E-state index contributed by atoms with van der Waals surface area (Å²) >= 11 is 0. The Hall–Kier alpha value is -3.87. The molecule has 0 fully saturated rings. The minimum absolute atomic E-state index is 0.0237. The van der Waals surface area contributed by atoms with E-state index in [9.17, 15) is 33.2 Å². The zero-order valence-corrected chi connectivity index (χ0v) is 13.3. The number of phenolic OH excluding ortho intramolecular Hbond substituents is 1. The van der Waals surface area contributed by atoms with Gasteiger partial charge in [-0.25, -0.2) is 0 Å². The van der Waals surface area contributed by atoms with Gasteiger partial charge in [-0.15, -0.1) is 0 Å². The number of nitrogens with one attached hydrogen (secondary N) is 1. The highest BCUT2D eigenvalue weighted by Crippen LogP contribution is 2.30. The molecule has 0 heterocycles. The van der Waals surface area contributed by atoms with Crippen LogP contribution in [0.2, 0.25) is 0 Å². The summed E-state index contributed by atoms with van der Waals surface area (Å²) < 4.78 is 38.2. The van der Waals surface area contributed by atoms with Crippen molar-refractivity contribution >= 4 is 23.4 Å². The van der Waals surface area contributed by atoms with Crippen molar-refractivity contribution in [2.24, 2.45) is 0 Å². The minimum Gasteiger partial charge on any atom is -0.506 e. The number of alkyl halides is 3. The number of phenols is 1. The van der Waals surface area contributed by atoms with Crippen molar-refractivity contribution in [3.05, 3.63) is 69.3 Å². The quantitative estimate of drug-likeness (QED) is 0.276. The van der Waals surface area contributed by atoms with E-state index < -0.39 is 39.6 Å². The third-order valence-electron chi connectivity index (χ3n) is 3.33. The van der Waals surface area contributed by atoms with Gasteiger partial charge in [0, 0.05) is 6.07 Å². The van der Waals surface area contributed by atoms with Gasteiger partial charge < -0.3 is 10.4 Å². The average Bonchev–Trinajstić information content (AvgIpc) is 2.60. The van der Waals surface area contributed by atoms with Gasteiger partial charge in [-0.2, -0.15) is 18.4 Å². The fraction of sp³-hybridized carbons (Fsp3) is 0.0588. The summed E-state index contributed by atoms with van der Waals surface area (Å²) in [5.74, 6) is -1.60. The third kappa shape index (κ3) is 4.82. The van der Waals surface area contributed by atoms with Crippen molar-refractivity contribution in [2.45, 2.75) is 6.18 Å². The van der Waals surface area contributed by atoms with Crippen LogP contribution in [-0.2, 0) is 11.0 Å². The Labute approximate surface area is 150 Å². The highest BCUT2D eigenvalue weighted by atomic mass is 19.4. The molecule has 0 saturated heterocycles. The Kier molecular flexibility index (Phi) is 5.45. The summed E-state index contributed by atoms with van der Waals surface area (Å²) in [4.78, 5) is 22.0. The number of nitro groups is 1. The Morgan fingerprint density at radius 3 is 2.52 bits per heavy atom. The lowest BCUT2D eigenvalue weighted by Gasteiger charge is -2.08. The number of rotatable bonds is 4. The van der Waals surface area contributed by atoms with Crippen LogP contribution in [0.3, 0.4) is 0 Å². The number of hydrogen-bond donors (Lipinski definition) is 2. The normalized spacial score (nSPS) is 11.6. The van der Waals surface area contributed by atoms with Gasteiger partial charge in [-0.1, -0.05) is 12.1 Å². The van der Waals surface area contributed by atoms with E-state index in [1.54, 1.807) is 6.07 Å². The van der Waals surface area contributed by atoms with Crippen LogP contribution < -0.4 is 5.32 Å². The number of nitriles is 1. The van der Waals surface area contributed by atoms with Crippen LogP contribution in [0.1, 0.15) is 11.1 Å². The molecule has 2 aromatic rings. The molecule has 0 bridgehead atoms. The molecule has 2 N–H and O–H groups in total. The Morgan fingerprint density at radius 2 is 1.96 bits per heavy atom. The number of amides is 1. The van der Waals surface area contributed by atoms with Crippen LogP contribution in [0.5, 0.6) is 5.75 Å². The highest BCUT2D eigenvalue weighted by Gasteiger charge is 2.30. The molecule has 27 heavy (non-hydrogen) atoms. The average molecular weight is 377 g/mol. The number of halogens is 3. The molecule has 0 aliphatic carbocycles. The summed E-state index contributed by atoms with van der Waals surface area (Å²) in [6.45, 7) is 0. The first-order valence-electron chi connectivity index (χ1n) is 7.19. The summed E-state index contributed by atoms with van der Waals surface area (Å²) in [5.41, 5.74) is -2.10. The van der Waals surface area contributed by atoms with Crippen LogP contribution in [0.4, 0.5) is 24.5 Å². The zero-order chi connectivity index (χ0) is 20.2. The SMILES string of the molecule is N#CC(=Cc1cccc(C(F)(F)F)c1)C(=O)Nc1ccc([N+](=O)[O-])cc1O. The number of aromatic hydroxyl groups is 1. The minimum atomic E-state index is -4.58. The van der Waals surface area contributed by atoms with E-state index in [4.69, 9.17) is 5.26 Å². The van der Waals surface area contributed by atoms with Gasteiger partial charge in [-0.3, -0.25) is 14.9 Å². The predicted octanol–water partition coefficient (Wildman–Crippen LogP) is 3.86. The van der Waals surface area contributed by atoms with Gasteiger partial charge in [0.2, 0.25) is 0 Å². The molecule has 0 unspecified atom stereocenters. The second-order valence-electron chi connectivity index (χ2n) is 5.21. The molecular formula is C17H10F3N3O4. The van der Waals surface area contributed by atoms with E-state index in [0.717, 1.165) is 42.5 Å². The first kappa shape index (κ1) is 19.5. The van der Waals surface area contributed by atoms with Crippen molar-refractivity contribution in [1.82, 2.24) is 0 Å². The van der Waals surface area contributed by atoms with E-state index in [1.807, 2.05) is 0 Å². The Balaban J connectivity index is 2.28. The molecule has 0 spiro atoms. The molecule has 0 aliphatic heterocycles. The standard InChI is InChI=1S/C17H10F3N3O4/c18-17(19,20)12-3-1-2-10(7-12)6-11(9-21)16(25)22-14-5-4-13(23(26)27)8-15(14)24/h1-8,24H,(H,22,25). The lowest BCUT2D eigenvalue weighted by molar-refractivity contribution is -0.384. The lowest BCUT2D eigenvalue weighted by Crippen LogP contribution is -2.13. The summed E-state index contributed by atoms with van der Waals surface area (Å²) in [6, 6.07) is 8.47. The summed E-state index contributed by atoms with van der Waals surface area (Å²) in [6.07, 6.45) is -3.63. The highest BCUT2D eigenvalue weighted by molar-refractivity contribution is 6.10. The molecule has 0 aliphatic rings. The van der Waals surface area contributed by atoms with Crippen molar-refractivity contribution in [3.63, 3.8) is 0 Å². The van der Waals surface area contributed by atoms with Crippen molar-refractivity contribution in [1.29, 1.82) is 5.26 Å². The fourth-order valence-electron chi connectivity index (χ4n) is 2.05. The molecule has 0 aromatic heterocycles. The molecule has 0 saturated carbocycles.